The van der Waals surface area contributed by atoms with Crippen LogP contribution in [0.5, 0.6) is 5.75 Å². The predicted octanol–water partition coefficient (Wildman–Crippen LogP) is 4.19. The summed E-state index contributed by atoms with van der Waals surface area (Å²) in [6.45, 7) is 3.67. The standard InChI is InChI=1S/C18H30O3/c1-2-3-4-5-6-8-11-17(19)16-20-14-15-21-18-12-9-7-10-13-18/h7,9-10,12-13,17,19H,2-6,8,11,14-16H2,1H3. The Kier molecular flexibility index (Phi) is 10.8. The highest BCUT2D eigenvalue weighted by molar-refractivity contribution is 5.20. The topological polar surface area (TPSA) is 38.7 Å². The van der Waals surface area contributed by atoms with Gasteiger partial charge in [0.15, 0.2) is 0 Å². The van der Waals surface area contributed by atoms with Crippen molar-refractivity contribution >= 4 is 0 Å². The van der Waals surface area contributed by atoms with Crippen LogP contribution in [0.15, 0.2) is 30.3 Å². The number of unbranched alkanes of at least 4 members (excludes halogenated alkanes) is 5. The van der Waals surface area contributed by atoms with Crippen LogP contribution in [-0.2, 0) is 4.74 Å². The Morgan fingerprint density at radius 1 is 0.952 bits per heavy atom. The summed E-state index contributed by atoms with van der Waals surface area (Å²) in [7, 11) is 0. The second-order valence-corrected chi connectivity index (χ2v) is 5.45. The quantitative estimate of drug-likeness (QED) is 0.554. The molecule has 1 unspecified atom stereocenters. The molecule has 0 saturated carbocycles. The summed E-state index contributed by atoms with van der Waals surface area (Å²) in [6, 6.07) is 9.70. The lowest BCUT2D eigenvalue weighted by Gasteiger charge is -2.11. The molecule has 3 nitrogen and oxygen atoms in total. The van der Waals surface area contributed by atoms with Crippen molar-refractivity contribution in [2.75, 3.05) is 19.8 Å². The van der Waals surface area contributed by atoms with Crippen LogP contribution in [0.2, 0.25) is 0 Å². The second-order valence-electron chi connectivity index (χ2n) is 5.45. The minimum Gasteiger partial charge on any atom is -0.491 e. The highest BCUT2D eigenvalue weighted by atomic mass is 16.5. The second kappa shape index (κ2) is 12.7. The fourth-order valence-electron chi connectivity index (χ4n) is 2.20. The first kappa shape index (κ1) is 18.0. The Hall–Kier alpha value is -1.06. The zero-order chi connectivity index (χ0) is 15.2. The normalized spacial score (nSPS) is 12.3. The molecule has 0 radical (unpaired) electrons. The molecule has 1 N–H and O–H groups in total. The third-order valence-electron chi connectivity index (χ3n) is 3.44. The molecule has 0 heterocycles. The van der Waals surface area contributed by atoms with Gasteiger partial charge in [-0.3, -0.25) is 0 Å². The molecule has 0 aromatic heterocycles. The zero-order valence-corrected chi connectivity index (χ0v) is 13.3. The van der Waals surface area contributed by atoms with Crippen molar-refractivity contribution in [3.8, 4) is 5.75 Å². The fraction of sp³-hybridized carbons (Fsp3) is 0.667. The van der Waals surface area contributed by atoms with E-state index in [-0.39, 0.29) is 6.10 Å². The van der Waals surface area contributed by atoms with Gasteiger partial charge >= 0.3 is 0 Å². The summed E-state index contributed by atoms with van der Waals surface area (Å²) in [5, 5.41) is 9.80. The van der Waals surface area contributed by atoms with Gasteiger partial charge in [-0.15, -0.1) is 0 Å². The van der Waals surface area contributed by atoms with Crippen LogP contribution in [0.4, 0.5) is 0 Å². The van der Waals surface area contributed by atoms with Gasteiger partial charge < -0.3 is 14.6 Å². The molecular formula is C18H30O3. The number of ether oxygens (including phenoxy) is 2. The SMILES string of the molecule is CCCCCCCCC(O)COCCOc1ccccc1. The molecule has 0 aliphatic rings. The molecule has 0 aliphatic carbocycles. The highest BCUT2D eigenvalue weighted by Crippen LogP contribution is 2.09. The van der Waals surface area contributed by atoms with E-state index < -0.39 is 0 Å². The number of rotatable bonds is 13. The molecule has 0 spiro atoms. The van der Waals surface area contributed by atoms with Crippen LogP contribution < -0.4 is 4.74 Å². The Bertz CT molecular complexity index is 326. The smallest absolute Gasteiger partial charge is 0.119 e. The fourth-order valence-corrected chi connectivity index (χ4v) is 2.20. The van der Waals surface area contributed by atoms with E-state index in [2.05, 4.69) is 6.92 Å². The summed E-state index contributed by atoms with van der Waals surface area (Å²) in [4.78, 5) is 0. The van der Waals surface area contributed by atoms with Gasteiger partial charge in [-0.1, -0.05) is 63.6 Å². The Labute approximate surface area is 129 Å². The first-order chi connectivity index (χ1) is 10.3. The van der Waals surface area contributed by atoms with Crippen molar-refractivity contribution in [1.82, 2.24) is 0 Å². The van der Waals surface area contributed by atoms with Crippen molar-refractivity contribution in [3.05, 3.63) is 30.3 Å². The summed E-state index contributed by atoms with van der Waals surface area (Å²) >= 11 is 0. The van der Waals surface area contributed by atoms with Gasteiger partial charge in [-0.25, -0.2) is 0 Å². The minimum atomic E-state index is -0.340. The molecule has 120 valence electrons. The van der Waals surface area contributed by atoms with E-state index in [1.165, 1.54) is 32.1 Å². The molecule has 1 aromatic rings. The number of para-hydroxylation sites is 1. The number of aliphatic hydroxyl groups is 1. The Balaban J connectivity index is 1.88. The molecule has 1 aromatic carbocycles. The number of aliphatic hydroxyl groups excluding tert-OH is 1. The van der Waals surface area contributed by atoms with Crippen LogP contribution in [0.1, 0.15) is 51.9 Å². The van der Waals surface area contributed by atoms with Crippen LogP contribution in [0.3, 0.4) is 0 Å². The molecule has 0 fully saturated rings. The van der Waals surface area contributed by atoms with Crippen molar-refractivity contribution in [2.45, 2.75) is 58.0 Å². The first-order valence-corrected chi connectivity index (χ1v) is 8.26. The van der Waals surface area contributed by atoms with Crippen molar-refractivity contribution in [1.29, 1.82) is 0 Å². The number of hydrogen-bond donors (Lipinski definition) is 1. The van der Waals surface area contributed by atoms with E-state index in [9.17, 15) is 5.11 Å². The Morgan fingerprint density at radius 2 is 1.67 bits per heavy atom. The molecular weight excluding hydrogens is 264 g/mol. The monoisotopic (exact) mass is 294 g/mol. The van der Waals surface area contributed by atoms with Crippen LogP contribution in [-0.4, -0.2) is 31.0 Å². The summed E-state index contributed by atoms with van der Waals surface area (Å²) < 4.78 is 11.0. The van der Waals surface area contributed by atoms with Gasteiger partial charge in [0.2, 0.25) is 0 Å². The van der Waals surface area contributed by atoms with E-state index in [1.54, 1.807) is 0 Å². The van der Waals surface area contributed by atoms with Gasteiger partial charge in [0.25, 0.3) is 0 Å². The third kappa shape index (κ3) is 10.3. The van der Waals surface area contributed by atoms with E-state index in [1.807, 2.05) is 30.3 Å². The molecule has 0 saturated heterocycles. The van der Waals surface area contributed by atoms with Crippen LogP contribution in [0.25, 0.3) is 0 Å². The maximum absolute atomic E-state index is 9.80. The van der Waals surface area contributed by atoms with E-state index >= 15 is 0 Å². The molecule has 0 aliphatic heterocycles. The molecule has 1 atom stereocenters. The zero-order valence-electron chi connectivity index (χ0n) is 13.3. The number of benzene rings is 1. The average Bonchev–Trinajstić information content (AvgIpc) is 2.51. The maximum Gasteiger partial charge on any atom is 0.119 e. The first-order valence-electron chi connectivity index (χ1n) is 8.26. The molecule has 21 heavy (non-hydrogen) atoms. The van der Waals surface area contributed by atoms with Gasteiger partial charge in [-0.05, 0) is 18.6 Å². The number of hydrogen-bond acceptors (Lipinski definition) is 3. The summed E-state index contributed by atoms with van der Waals surface area (Å²) in [5.74, 6) is 0.855. The van der Waals surface area contributed by atoms with E-state index in [0.717, 1.165) is 18.6 Å². The van der Waals surface area contributed by atoms with E-state index in [0.29, 0.717) is 19.8 Å². The highest BCUT2D eigenvalue weighted by Gasteiger charge is 2.04. The largest absolute Gasteiger partial charge is 0.491 e. The van der Waals surface area contributed by atoms with Crippen molar-refractivity contribution in [3.63, 3.8) is 0 Å². The van der Waals surface area contributed by atoms with Gasteiger partial charge in [0.05, 0.1) is 19.3 Å². The van der Waals surface area contributed by atoms with Gasteiger partial charge in [0, 0.05) is 0 Å². The van der Waals surface area contributed by atoms with Crippen molar-refractivity contribution < 1.29 is 14.6 Å². The summed E-state index contributed by atoms with van der Waals surface area (Å²) in [5.41, 5.74) is 0. The maximum atomic E-state index is 9.80. The summed E-state index contributed by atoms with van der Waals surface area (Å²) in [6.07, 6.45) is 8.02. The lowest BCUT2D eigenvalue weighted by molar-refractivity contribution is 0.0201. The van der Waals surface area contributed by atoms with Crippen molar-refractivity contribution in [2.24, 2.45) is 0 Å². The Morgan fingerprint density at radius 3 is 2.43 bits per heavy atom. The van der Waals surface area contributed by atoms with Gasteiger partial charge in [0.1, 0.15) is 12.4 Å². The molecule has 1 rings (SSSR count). The molecule has 0 bridgehead atoms. The molecule has 3 heteroatoms. The average molecular weight is 294 g/mol. The van der Waals surface area contributed by atoms with Crippen LogP contribution >= 0.6 is 0 Å². The minimum absolute atomic E-state index is 0.340. The van der Waals surface area contributed by atoms with Gasteiger partial charge in [-0.2, -0.15) is 0 Å². The van der Waals surface area contributed by atoms with E-state index in [4.69, 9.17) is 9.47 Å². The van der Waals surface area contributed by atoms with Crippen LogP contribution in [0, 0.1) is 0 Å². The third-order valence-corrected chi connectivity index (χ3v) is 3.44. The predicted molar refractivity (Wildman–Crippen MR) is 86.8 cm³/mol. The molecule has 0 amide bonds. The lowest BCUT2D eigenvalue weighted by atomic mass is 10.1. The lowest BCUT2D eigenvalue weighted by Crippen LogP contribution is -2.17.